The molecule has 0 bridgehead atoms. The molecule has 2 saturated heterocycles. The van der Waals surface area contributed by atoms with Crippen LogP contribution in [0.3, 0.4) is 0 Å². The molecule has 3 atom stereocenters. The largest absolute Gasteiger partial charge is 0.444 e. The third kappa shape index (κ3) is 6.73. The zero-order valence-corrected chi connectivity index (χ0v) is 23.4. The summed E-state index contributed by atoms with van der Waals surface area (Å²) in [6.07, 6.45) is -0.458. The van der Waals surface area contributed by atoms with E-state index < -0.39 is 33.5 Å². The number of amides is 2. The van der Waals surface area contributed by atoms with Gasteiger partial charge in [-0.15, -0.1) is 0 Å². The van der Waals surface area contributed by atoms with Gasteiger partial charge in [-0.3, -0.25) is 4.79 Å². The molecule has 198 valence electrons. The van der Waals surface area contributed by atoms with Crippen LogP contribution in [0.2, 0.25) is 0 Å². The molecular formula is C27H33N3O5S2. The summed E-state index contributed by atoms with van der Waals surface area (Å²) in [5.74, 6) is -0.467. The number of sulfone groups is 1. The highest BCUT2D eigenvalue weighted by molar-refractivity contribution is 8.16. The maximum Gasteiger partial charge on any atom is 0.408 e. The average Bonchev–Trinajstić information content (AvgIpc) is 3.25. The first-order valence-corrected chi connectivity index (χ1v) is 14.9. The zero-order chi connectivity index (χ0) is 27.0. The van der Waals surface area contributed by atoms with Crippen molar-refractivity contribution >= 4 is 44.5 Å². The second kappa shape index (κ2) is 10.5. The number of ether oxygens (including phenoxy) is 1. The number of benzene rings is 2. The van der Waals surface area contributed by atoms with Gasteiger partial charge in [0.2, 0.25) is 0 Å². The Balaban J connectivity index is 1.68. The highest BCUT2D eigenvalue weighted by Gasteiger charge is 2.49. The van der Waals surface area contributed by atoms with Crippen molar-refractivity contribution in [1.29, 1.82) is 0 Å². The molecule has 0 aromatic heterocycles. The lowest BCUT2D eigenvalue weighted by atomic mass is 10.1. The van der Waals surface area contributed by atoms with Crippen molar-refractivity contribution in [2.45, 2.75) is 64.0 Å². The number of hydrogen-bond donors (Lipinski definition) is 1. The fourth-order valence-corrected chi connectivity index (χ4v) is 8.41. The first-order chi connectivity index (χ1) is 17.3. The summed E-state index contributed by atoms with van der Waals surface area (Å²) in [5, 5.41) is 2.92. The number of amidine groups is 1. The van der Waals surface area contributed by atoms with Crippen molar-refractivity contribution < 1.29 is 22.7 Å². The maximum absolute atomic E-state index is 13.6. The van der Waals surface area contributed by atoms with Crippen molar-refractivity contribution in [1.82, 2.24) is 5.32 Å². The third-order valence-corrected chi connectivity index (χ3v) is 9.38. The second-order valence-electron chi connectivity index (χ2n) is 10.6. The lowest BCUT2D eigenvalue weighted by Gasteiger charge is -2.27. The molecule has 2 heterocycles. The number of aliphatic imine (C=N–C) groups is 1. The molecule has 0 saturated carbocycles. The van der Waals surface area contributed by atoms with Gasteiger partial charge in [-0.05, 0) is 57.4 Å². The molecule has 2 aliphatic rings. The zero-order valence-electron chi connectivity index (χ0n) is 21.7. The lowest BCUT2D eigenvalue weighted by molar-refractivity contribution is -0.119. The molecule has 1 N–H and O–H groups in total. The number of aryl methyl sites for hydroxylation is 2. The summed E-state index contributed by atoms with van der Waals surface area (Å²) in [4.78, 5) is 32.5. The summed E-state index contributed by atoms with van der Waals surface area (Å²) in [6, 6.07) is 14.1. The minimum atomic E-state index is -3.19. The molecule has 2 fully saturated rings. The number of fused-ring (bicyclic) bond motifs is 1. The number of carbonyl (C=O) groups is 2. The number of rotatable bonds is 5. The van der Waals surface area contributed by atoms with Gasteiger partial charge in [0.05, 0.1) is 17.5 Å². The van der Waals surface area contributed by atoms with Crippen molar-refractivity contribution in [3.63, 3.8) is 0 Å². The fourth-order valence-electron chi connectivity index (χ4n) is 4.50. The average molecular weight is 544 g/mol. The summed E-state index contributed by atoms with van der Waals surface area (Å²) < 4.78 is 30.3. The van der Waals surface area contributed by atoms with E-state index in [1.807, 2.05) is 67.3 Å². The van der Waals surface area contributed by atoms with Crippen LogP contribution in [0.1, 0.15) is 37.5 Å². The monoisotopic (exact) mass is 543 g/mol. The van der Waals surface area contributed by atoms with E-state index in [0.29, 0.717) is 5.17 Å². The highest BCUT2D eigenvalue weighted by atomic mass is 32.2. The molecule has 2 aromatic rings. The van der Waals surface area contributed by atoms with Crippen LogP contribution in [0.25, 0.3) is 0 Å². The Hall–Kier alpha value is -2.85. The number of nitrogens with zero attached hydrogens (tertiary/aromatic N) is 2. The molecule has 37 heavy (non-hydrogen) atoms. The van der Waals surface area contributed by atoms with Crippen LogP contribution in [0.4, 0.5) is 10.5 Å². The number of nitrogens with one attached hydrogen (secondary N) is 1. The Bertz CT molecular complexity index is 1320. The van der Waals surface area contributed by atoms with Crippen LogP contribution in [0.5, 0.6) is 0 Å². The Morgan fingerprint density at radius 3 is 2.51 bits per heavy atom. The molecule has 0 aliphatic carbocycles. The van der Waals surface area contributed by atoms with Gasteiger partial charge in [0.1, 0.15) is 11.6 Å². The minimum absolute atomic E-state index is 0.00879. The Labute approximate surface area is 222 Å². The van der Waals surface area contributed by atoms with Gasteiger partial charge in [0.25, 0.3) is 5.91 Å². The van der Waals surface area contributed by atoms with E-state index >= 15 is 0 Å². The molecular weight excluding hydrogens is 510 g/mol. The molecule has 0 unspecified atom stereocenters. The SMILES string of the molecule is Cc1ccc(C)c(N2C(=NC(=O)[C@@H](Cc3ccccc3)NC(=O)OC(C)(C)C)S[C@H]3CS(=O)(=O)C[C@@H]32)c1. The number of thioether (sulfide) groups is 1. The van der Waals surface area contributed by atoms with Gasteiger partial charge >= 0.3 is 6.09 Å². The summed E-state index contributed by atoms with van der Waals surface area (Å²) in [6.45, 7) is 9.19. The molecule has 4 rings (SSSR count). The molecule has 2 aromatic carbocycles. The van der Waals surface area contributed by atoms with Crippen LogP contribution in [0.15, 0.2) is 53.5 Å². The standard InChI is InChI=1S/C27H33N3O5S2/c1-17-11-12-18(2)21(13-17)30-22-15-37(33,34)16-23(22)36-25(30)29-24(31)20(14-19-9-7-6-8-10-19)28-26(32)35-27(3,4)5/h6-13,20,22-23H,14-16H2,1-5H3,(H,28,32)/t20-,22+,23+/m1/s1. The highest BCUT2D eigenvalue weighted by Crippen LogP contribution is 2.42. The van der Waals surface area contributed by atoms with Crippen LogP contribution in [-0.2, 0) is 25.8 Å². The van der Waals surface area contributed by atoms with Gasteiger partial charge in [-0.2, -0.15) is 4.99 Å². The normalized spacial score (nSPS) is 22.5. The number of hydrogen-bond acceptors (Lipinski definition) is 6. The van der Waals surface area contributed by atoms with Crippen molar-refractivity contribution in [3.05, 3.63) is 65.2 Å². The predicted molar refractivity (Wildman–Crippen MR) is 148 cm³/mol. The van der Waals surface area contributed by atoms with Gasteiger partial charge in [0, 0.05) is 17.4 Å². The second-order valence-corrected chi connectivity index (χ2v) is 13.9. The first kappa shape index (κ1) is 27.2. The van der Waals surface area contributed by atoms with Gasteiger partial charge in [-0.1, -0.05) is 54.2 Å². The van der Waals surface area contributed by atoms with Gasteiger partial charge in [-0.25, -0.2) is 13.2 Å². The minimum Gasteiger partial charge on any atom is -0.444 e. The van der Waals surface area contributed by atoms with Crippen LogP contribution < -0.4 is 10.2 Å². The predicted octanol–water partition coefficient (Wildman–Crippen LogP) is 4.04. The Kier molecular flexibility index (Phi) is 7.71. The molecule has 2 aliphatic heterocycles. The van der Waals surface area contributed by atoms with Crippen molar-refractivity contribution in [2.75, 3.05) is 16.4 Å². The number of anilines is 1. The van der Waals surface area contributed by atoms with Gasteiger partial charge < -0.3 is 15.0 Å². The molecule has 8 nitrogen and oxygen atoms in total. The molecule has 0 radical (unpaired) electrons. The summed E-state index contributed by atoms with van der Waals surface area (Å²) in [7, 11) is -3.19. The third-order valence-electron chi connectivity index (χ3n) is 6.17. The van der Waals surface area contributed by atoms with Crippen molar-refractivity contribution in [3.8, 4) is 0 Å². The maximum atomic E-state index is 13.6. The smallest absolute Gasteiger partial charge is 0.408 e. The summed E-state index contributed by atoms with van der Waals surface area (Å²) in [5.41, 5.74) is 2.96. The number of carbonyl (C=O) groups excluding carboxylic acids is 2. The van der Waals surface area contributed by atoms with E-state index in [-0.39, 0.29) is 29.2 Å². The van der Waals surface area contributed by atoms with Gasteiger partial charge in [0.15, 0.2) is 15.0 Å². The van der Waals surface area contributed by atoms with Crippen LogP contribution in [0, 0.1) is 13.8 Å². The van der Waals surface area contributed by atoms with E-state index in [2.05, 4.69) is 10.3 Å². The Morgan fingerprint density at radius 2 is 1.84 bits per heavy atom. The molecule has 0 spiro atoms. The van der Waals surface area contributed by atoms with E-state index in [4.69, 9.17) is 4.74 Å². The van der Waals surface area contributed by atoms with E-state index in [1.54, 1.807) is 20.8 Å². The summed E-state index contributed by atoms with van der Waals surface area (Å²) >= 11 is 1.31. The molecule has 2 amide bonds. The van der Waals surface area contributed by atoms with Crippen LogP contribution in [-0.4, -0.2) is 60.0 Å². The Morgan fingerprint density at radius 1 is 1.14 bits per heavy atom. The topological polar surface area (TPSA) is 105 Å². The molecule has 10 heteroatoms. The van der Waals surface area contributed by atoms with E-state index in [0.717, 1.165) is 22.4 Å². The first-order valence-electron chi connectivity index (χ1n) is 12.2. The van der Waals surface area contributed by atoms with Crippen molar-refractivity contribution in [2.24, 2.45) is 4.99 Å². The quantitative estimate of drug-likeness (QED) is 0.607. The van der Waals surface area contributed by atoms with E-state index in [1.165, 1.54) is 11.8 Å². The number of alkyl carbamates (subject to hydrolysis) is 1. The van der Waals surface area contributed by atoms with Crippen LogP contribution >= 0.6 is 11.8 Å². The lowest BCUT2D eigenvalue weighted by Crippen LogP contribution is -2.45. The fraction of sp³-hybridized carbons (Fsp3) is 0.444. The van der Waals surface area contributed by atoms with E-state index in [9.17, 15) is 18.0 Å².